The smallest absolute Gasteiger partial charge is 0.242 e. The molecule has 0 aliphatic carbocycles. The predicted octanol–water partition coefficient (Wildman–Crippen LogP) is 6.04. The van der Waals surface area contributed by atoms with Crippen molar-refractivity contribution in [3.05, 3.63) is 90.2 Å². The Kier molecular flexibility index (Phi) is 7.63. The summed E-state index contributed by atoms with van der Waals surface area (Å²) >= 11 is 1.34. The summed E-state index contributed by atoms with van der Waals surface area (Å²) < 4.78 is 14.0. The predicted molar refractivity (Wildman–Crippen MR) is 120 cm³/mol. The minimum Gasteiger partial charge on any atom is -0.326 e. The summed E-state index contributed by atoms with van der Waals surface area (Å²) in [6.07, 6.45) is 1.22. The summed E-state index contributed by atoms with van der Waals surface area (Å²) in [5.41, 5.74) is 1.63. The number of nitrogens with one attached hydrogen (secondary N) is 2. The van der Waals surface area contributed by atoms with Crippen molar-refractivity contribution in [1.29, 1.82) is 0 Å². The molecule has 6 heteroatoms. The highest BCUT2D eigenvalue weighted by Gasteiger charge is 2.23. The second-order valence-corrected chi connectivity index (χ2v) is 7.88. The molecular formula is C24H23FN2O2S. The van der Waals surface area contributed by atoms with E-state index in [0.29, 0.717) is 12.1 Å². The monoisotopic (exact) mass is 422 g/mol. The molecule has 0 aromatic heterocycles. The molecule has 0 aliphatic heterocycles. The maximum absolute atomic E-state index is 14.0. The lowest BCUT2D eigenvalue weighted by atomic mass is 10.1. The van der Waals surface area contributed by atoms with Crippen LogP contribution in [0.25, 0.3) is 0 Å². The molecule has 0 spiro atoms. The van der Waals surface area contributed by atoms with Gasteiger partial charge in [-0.15, -0.1) is 11.8 Å². The lowest BCUT2D eigenvalue weighted by Crippen LogP contribution is -2.19. The molecule has 154 valence electrons. The lowest BCUT2D eigenvalue weighted by Gasteiger charge is -2.18. The molecule has 0 radical (unpaired) electrons. The van der Waals surface area contributed by atoms with Crippen molar-refractivity contribution in [2.45, 2.75) is 29.9 Å². The Bertz CT molecular complexity index is 1010. The van der Waals surface area contributed by atoms with Gasteiger partial charge in [0.1, 0.15) is 11.1 Å². The van der Waals surface area contributed by atoms with E-state index in [1.165, 1.54) is 23.9 Å². The maximum Gasteiger partial charge on any atom is 0.242 e. The fraction of sp³-hybridized carbons (Fsp3) is 0.167. The van der Waals surface area contributed by atoms with E-state index < -0.39 is 11.1 Å². The van der Waals surface area contributed by atoms with Gasteiger partial charge in [0, 0.05) is 17.0 Å². The lowest BCUT2D eigenvalue weighted by molar-refractivity contribution is -0.116. The Morgan fingerprint density at radius 3 is 2.40 bits per heavy atom. The first-order valence-corrected chi connectivity index (χ1v) is 10.6. The van der Waals surface area contributed by atoms with Crippen molar-refractivity contribution in [3.63, 3.8) is 0 Å². The number of anilines is 2. The van der Waals surface area contributed by atoms with E-state index in [0.717, 1.165) is 16.9 Å². The third-order valence-electron chi connectivity index (χ3n) is 4.32. The van der Waals surface area contributed by atoms with Crippen LogP contribution in [0.2, 0.25) is 0 Å². The second-order valence-electron chi connectivity index (χ2n) is 6.70. The van der Waals surface area contributed by atoms with Gasteiger partial charge in [0.2, 0.25) is 11.8 Å². The van der Waals surface area contributed by atoms with Crippen LogP contribution in [0, 0.1) is 5.82 Å². The normalized spacial score (nSPS) is 11.5. The molecule has 2 amide bonds. The molecule has 30 heavy (non-hydrogen) atoms. The van der Waals surface area contributed by atoms with Crippen molar-refractivity contribution in [1.82, 2.24) is 0 Å². The average Bonchev–Trinajstić information content (AvgIpc) is 2.74. The van der Waals surface area contributed by atoms with Crippen LogP contribution >= 0.6 is 11.8 Å². The zero-order valence-electron chi connectivity index (χ0n) is 16.6. The van der Waals surface area contributed by atoms with Crippen LogP contribution in [-0.2, 0) is 9.59 Å². The summed E-state index contributed by atoms with van der Waals surface area (Å²) in [5.74, 6) is -0.850. The summed E-state index contributed by atoms with van der Waals surface area (Å²) in [4.78, 5) is 25.8. The van der Waals surface area contributed by atoms with Gasteiger partial charge >= 0.3 is 0 Å². The van der Waals surface area contributed by atoms with Crippen LogP contribution in [0.15, 0.2) is 83.8 Å². The summed E-state index contributed by atoms with van der Waals surface area (Å²) in [6, 6.07) is 22.8. The van der Waals surface area contributed by atoms with Gasteiger partial charge in [-0.05, 0) is 42.3 Å². The maximum atomic E-state index is 14.0. The highest BCUT2D eigenvalue weighted by molar-refractivity contribution is 8.00. The quantitative estimate of drug-likeness (QED) is 0.435. The first-order chi connectivity index (χ1) is 14.6. The minimum absolute atomic E-state index is 0.0449. The molecule has 3 rings (SSSR count). The number of benzene rings is 3. The van der Waals surface area contributed by atoms with Gasteiger partial charge in [0.05, 0.1) is 5.69 Å². The molecule has 3 aromatic rings. The molecule has 1 atom stereocenters. The van der Waals surface area contributed by atoms with E-state index >= 15 is 0 Å². The number of amides is 2. The number of hydrogen-bond acceptors (Lipinski definition) is 3. The molecule has 2 N–H and O–H groups in total. The SMILES string of the molecule is CCCC(=O)Nc1cccc(SC(C(=O)Nc2ccccc2F)c2ccccc2)c1. The first-order valence-electron chi connectivity index (χ1n) is 9.73. The molecule has 0 bridgehead atoms. The third-order valence-corrected chi connectivity index (χ3v) is 5.57. The van der Waals surface area contributed by atoms with Crippen molar-refractivity contribution < 1.29 is 14.0 Å². The van der Waals surface area contributed by atoms with Crippen LogP contribution < -0.4 is 10.6 Å². The second kappa shape index (κ2) is 10.6. The van der Waals surface area contributed by atoms with Crippen molar-refractivity contribution in [3.8, 4) is 0 Å². The average molecular weight is 423 g/mol. The van der Waals surface area contributed by atoms with Crippen molar-refractivity contribution >= 4 is 35.0 Å². The number of halogens is 1. The molecule has 4 nitrogen and oxygen atoms in total. The molecular weight excluding hydrogens is 399 g/mol. The standard InChI is InChI=1S/C24H23FN2O2S/c1-2-9-22(28)26-18-12-8-13-19(16-18)30-23(17-10-4-3-5-11-17)24(29)27-21-15-7-6-14-20(21)25/h3-8,10-16,23H,2,9H2,1H3,(H,26,28)(H,27,29). The van der Waals surface area contributed by atoms with Gasteiger partial charge in [-0.3, -0.25) is 9.59 Å². The number of carbonyl (C=O) groups is 2. The van der Waals surface area contributed by atoms with Crippen LogP contribution in [0.3, 0.4) is 0 Å². The van der Waals surface area contributed by atoms with Gasteiger partial charge < -0.3 is 10.6 Å². The van der Waals surface area contributed by atoms with Crippen LogP contribution in [0.1, 0.15) is 30.6 Å². The number of carbonyl (C=O) groups excluding carboxylic acids is 2. The first kappa shape index (κ1) is 21.6. The minimum atomic E-state index is -0.590. The van der Waals surface area contributed by atoms with E-state index in [-0.39, 0.29) is 17.5 Å². The third kappa shape index (κ3) is 5.94. The van der Waals surface area contributed by atoms with E-state index in [9.17, 15) is 14.0 Å². The summed E-state index contributed by atoms with van der Waals surface area (Å²) in [7, 11) is 0. The van der Waals surface area contributed by atoms with Crippen LogP contribution in [0.4, 0.5) is 15.8 Å². The Morgan fingerprint density at radius 2 is 1.67 bits per heavy atom. The Balaban J connectivity index is 1.83. The highest BCUT2D eigenvalue weighted by Crippen LogP contribution is 2.37. The fourth-order valence-electron chi connectivity index (χ4n) is 2.90. The Morgan fingerprint density at radius 1 is 0.933 bits per heavy atom. The number of thioether (sulfide) groups is 1. The van der Waals surface area contributed by atoms with Gasteiger partial charge in [-0.25, -0.2) is 4.39 Å². The number of para-hydroxylation sites is 1. The van der Waals surface area contributed by atoms with E-state index in [1.54, 1.807) is 12.1 Å². The van der Waals surface area contributed by atoms with Gasteiger partial charge in [0.25, 0.3) is 0 Å². The van der Waals surface area contributed by atoms with E-state index in [4.69, 9.17) is 0 Å². The van der Waals surface area contributed by atoms with Crippen molar-refractivity contribution in [2.75, 3.05) is 10.6 Å². The summed E-state index contributed by atoms with van der Waals surface area (Å²) in [6.45, 7) is 1.95. The Labute approximate surface area is 179 Å². The topological polar surface area (TPSA) is 58.2 Å². The van der Waals surface area contributed by atoms with E-state index in [1.807, 2.05) is 61.5 Å². The highest BCUT2D eigenvalue weighted by atomic mass is 32.2. The van der Waals surface area contributed by atoms with E-state index in [2.05, 4.69) is 10.6 Å². The molecule has 3 aromatic carbocycles. The summed E-state index contributed by atoms with van der Waals surface area (Å²) in [5, 5.41) is 4.97. The number of hydrogen-bond donors (Lipinski definition) is 2. The molecule has 1 unspecified atom stereocenters. The molecule has 0 saturated heterocycles. The van der Waals surface area contributed by atoms with Crippen LogP contribution in [0.5, 0.6) is 0 Å². The van der Waals surface area contributed by atoms with Gasteiger partial charge in [0.15, 0.2) is 0 Å². The van der Waals surface area contributed by atoms with Gasteiger partial charge in [-0.1, -0.05) is 55.5 Å². The molecule has 0 aliphatic rings. The largest absolute Gasteiger partial charge is 0.326 e. The van der Waals surface area contributed by atoms with Crippen molar-refractivity contribution in [2.24, 2.45) is 0 Å². The van der Waals surface area contributed by atoms with Crippen LogP contribution in [-0.4, -0.2) is 11.8 Å². The fourth-order valence-corrected chi connectivity index (χ4v) is 3.98. The molecule has 0 fully saturated rings. The number of rotatable bonds is 8. The van der Waals surface area contributed by atoms with Gasteiger partial charge in [-0.2, -0.15) is 0 Å². The molecule has 0 saturated carbocycles. The zero-order chi connectivity index (χ0) is 21.3. The molecule has 0 heterocycles. The Hall–Kier alpha value is -3.12. The zero-order valence-corrected chi connectivity index (χ0v) is 17.4.